The Bertz CT molecular complexity index is 1040. The van der Waals surface area contributed by atoms with Crippen LogP contribution in [0.4, 0.5) is 0 Å². The Kier molecular flexibility index (Phi) is 6.01. The molecule has 6 nitrogen and oxygen atoms in total. The van der Waals surface area contributed by atoms with E-state index in [2.05, 4.69) is 14.6 Å². The van der Waals surface area contributed by atoms with Crippen molar-refractivity contribution < 1.29 is 12.8 Å². The average Bonchev–Trinajstić information content (AvgIpc) is 3.19. The van der Waals surface area contributed by atoms with Crippen molar-refractivity contribution in [2.45, 2.75) is 30.3 Å². The molecule has 1 fully saturated rings. The number of sulfonamides is 1. The van der Waals surface area contributed by atoms with Gasteiger partial charge in [-0.2, -0.15) is 0 Å². The molecule has 0 spiro atoms. The fourth-order valence-electron chi connectivity index (χ4n) is 3.42. The van der Waals surface area contributed by atoms with Gasteiger partial charge in [0.15, 0.2) is 5.76 Å². The summed E-state index contributed by atoms with van der Waals surface area (Å²) in [6.07, 6.45) is 3.22. The quantitative estimate of drug-likeness (QED) is 0.639. The second kappa shape index (κ2) is 8.67. The van der Waals surface area contributed by atoms with Crippen LogP contribution >= 0.6 is 11.6 Å². The molecule has 1 N–H and O–H groups in total. The van der Waals surface area contributed by atoms with E-state index < -0.39 is 10.0 Å². The molecular formula is C21H22ClN3O3S. The Labute approximate surface area is 175 Å². The lowest BCUT2D eigenvalue weighted by atomic mass is 10.1. The van der Waals surface area contributed by atoms with Crippen molar-refractivity contribution in [1.82, 2.24) is 14.6 Å². The Balaban J connectivity index is 1.31. The summed E-state index contributed by atoms with van der Waals surface area (Å²) in [4.78, 5) is 6.90. The SMILES string of the molecule is O=S(=O)(NC1CCN(Cc2ncc(-c3ccc(Cl)cc3)o2)CC1)c1ccccc1. The number of halogens is 1. The molecule has 1 aromatic heterocycles. The van der Waals surface area contributed by atoms with Crippen LogP contribution in [0.1, 0.15) is 18.7 Å². The number of piperidine rings is 1. The van der Waals surface area contributed by atoms with Gasteiger partial charge in [-0.25, -0.2) is 18.1 Å². The van der Waals surface area contributed by atoms with Gasteiger partial charge in [-0.1, -0.05) is 29.8 Å². The standard InChI is InChI=1S/C21H22ClN3O3S/c22-17-8-6-16(7-9-17)20-14-23-21(28-20)15-25-12-10-18(11-13-25)24-29(26,27)19-4-2-1-3-5-19/h1-9,14,18,24H,10-13,15H2. The van der Waals surface area contributed by atoms with Crippen LogP contribution in [0.5, 0.6) is 0 Å². The number of benzene rings is 2. The predicted octanol–water partition coefficient (Wildman–Crippen LogP) is 3.94. The fraction of sp³-hybridized carbons (Fsp3) is 0.286. The lowest BCUT2D eigenvalue weighted by Gasteiger charge is -2.31. The van der Waals surface area contributed by atoms with E-state index in [0.717, 1.165) is 31.5 Å². The largest absolute Gasteiger partial charge is 0.439 e. The Morgan fingerprint density at radius 2 is 1.76 bits per heavy atom. The highest BCUT2D eigenvalue weighted by Crippen LogP contribution is 2.23. The monoisotopic (exact) mass is 431 g/mol. The summed E-state index contributed by atoms with van der Waals surface area (Å²) in [7, 11) is -3.48. The minimum absolute atomic E-state index is 0.0642. The van der Waals surface area contributed by atoms with Gasteiger partial charge in [0.25, 0.3) is 0 Å². The first-order valence-electron chi connectivity index (χ1n) is 9.50. The van der Waals surface area contributed by atoms with Crippen molar-refractivity contribution in [3.05, 3.63) is 71.7 Å². The van der Waals surface area contributed by atoms with E-state index in [0.29, 0.717) is 28.1 Å². The van der Waals surface area contributed by atoms with Gasteiger partial charge in [0.05, 0.1) is 17.6 Å². The summed E-state index contributed by atoms with van der Waals surface area (Å²) in [5.74, 6) is 1.36. The van der Waals surface area contributed by atoms with E-state index in [4.69, 9.17) is 16.0 Å². The number of likely N-dealkylation sites (tertiary alicyclic amines) is 1. The summed E-state index contributed by atoms with van der Waals surface area (Å²) in [6, 6.07) is 15.9. The Hall–Kier alpha value is -2.19. The molecule has 4 rings (SSSR count). The van der Waals surface area contributed by atoms with Crippen LogP contribution in [0.25, 0.3) is 11.3 Å². The smallest absolute Gasteiger partial charge is 0.240 e. The van der Waals surface area contributed by atoms with Crippen LogP contribution in [0.3, 0.4) is 0 Å². The Morgan fingerprint density at radius 3 is 2.45 bits per heavy atom. The summed E-state index contributed by atoms with van der Waals surface area (Å²) in [5, 5.41) is 0.680. The number of hydrogen-bond donors (Lipinski definition) is 1. The highest BCUT2D eigenvalue weighted by molar-refractivity contribution is 7.89. The van der Waals surface area contributed by atoms with Crippen molar-refractivity contribution in [2.24, 2.45) is 0 Å². The molecule has 152 valence electrons. The van der Waals surface area contributed by atoms with Crippen LogP contribution in [0.15, 0.2) is 70.1 Å². The maximum Gasteiger partial charge on any atom is 0.240 e. The zero-order chi connectivity index (χ0) is 20.3. The van der Waals surface area contributed by atoms with Gasteiger partial charge in [-0.15, -0.1) is 0 Å². The number of rotatable bonds is 6. The van der Waals surface area contributed by atoms with E-state index in [1.54, 1.807) is 36.5 Å². The molecule has 29 heavy (non-hydrogen) atoms. The van der Waals surface area contributed by atoms with Crippen molar-refractivity contribution in [3.63, 3.8) is 0 Å². The Morgan fingerprint density at radius 1 is 1.07 bits per heavy atom. The van der Waals surface area contributed by atoms with Crippen LogP contribution in [-0.2, 0) is 16.6 Å². The van der Waals surface area contributed by atoms with Crippen molar-refractivity contribution in [1.29, 1.82) is 0 Å². The van der Waals surface area contributed by atoms with Gasteiger partial charge in [0.1, 0.15) is 0 Å². The number of aromatic nitrogens is 1. The maximum atomic E-state index is 12.5. The molecule has 8 heteroatoms. The molecule has 0 amide bonds. The molecule has 1 aliphatic rings. The van der Waals surface area contributed by atoms with Crippen molar-refractivity contribution in [2.75, 3.05) is 13.1 Å². The third kappa shape index (κ3) is 5.05. The molecule has 3 aromatic rings. The summed E-state index contributed by atoms with van der Waals surface area (Å²) < 4.78 is 33.6. The van der Waals surface area contributed by atoms with Gasteiger partial charge in [0.2, 0.25) is 15.9 Å². The molecule has 0 saturated carbocycles. The average molecular weight is 432 g/mol. The zero-order valence-corrected chi connectivity index (χ0v) is 17.4. The number of hydrogen-bond acceptors (Lipinski definition) is 5. The third-order valence-electron chi connectivity index (χ3n) is 5.00. The number of oxazole rings is 1. The number of nitrogens with zero attached hydrogens (tertiary/aromatic N) is 2. The summed E-state index contributed by atoms with van der Waals surface area (Å²) in [6.45, 7) is 2.16. The first kappa shape index (κ1) is 20.1. The predicted molar refractivity (Wildman–Crippen MR) is 112 cm³/mol. The molecular weight excluding hydrogens is 410 g/mol. The number of nitrogens with one attached hydrogen (secondary N) is 1. The van der Waals surface area contributed by atoms with Crippen LogP contribution in [-0.4, -0.2) is 37.4 Å². The normalized spacial score (nSPS) is 16.2. The van der Waals surface area contributed by atoms with Crippen LogP contribution < -0.4 is 4.72 Å². The van der Waals surface area contributed by atoms with E-state index in [1.165, 1.54) is 0 Å². The van der Waals surface area contributed by atoms with Gasteiger partial charge in [-0.3, -0.25) is 4.90 Å². The molecule has 0 bridgehead atoms. The van der Waals surface area contributed by atoms with Crippen LogP contribution in [0.2, 0.25) is 5.02 Å². The van der Waals surface area contributed by atoms with E-state index in [1.807, 2.05) is 24.3 Å². The topological polar surface area (TPSA) is 75.4 Å². The fourth-order valence-corrected chi connectivity index (χ4v) is 4.87. The van der Waals surface area contributed by atoms with Crippen molar-refractivity contribution in [3.8, 4) is 11.3 Å². The van der Waals surface area contributed by atoms with Gasteiger partial charge < -0.3 is 4.42 Å². The lowest BCUT2D eigenvalue weighted by molar-refractivity contribution is 0.184. The lowest BCUT2D eigenvalue weighted by Crippen LogP contribution is -2.44. The zero-order valence-electron chi connectivity index (χ0n) is 15.8. The molecule has 0 unspecified atom stereocenters. The molecule has 0 radical (unpaired) electrons. The second-order valence-electron chi connectivity index (χ2n) is 7.11. The van der Waals surface area contributed by atoms with Crippen molar-refractivity contribution >= 4 is 21.6 Å². The van der Waals surface area contributed by atoms with E-state index >= 15 is 0 Å². The second-order valence-corrected chi connectivity index (χ2v) is 9.26. The van der Waals surface area contributed by atoms with Gasteiger partial charge in [-0.05, 0) is 49.2 Å². The van der Waals surface area contributed by atoms with E-state index in [9.17, 15) is 8.42 Å². The highest BCUT2D eigenvalue weighted by Gasteiger charge is 2.25. The minimum atomic E-state index is -3.48. The van der Waals surface area contributed by atoms with Gasteiger partial charge in [0, 0.05) is 29.7 Å². The maximum absolute atomic E-state index is 12.5. The van der Waals surface area contributed by atoms with E-state index in [-0.39, 0.29) is 6.04 Å². The molecule has 0 aliphatic carbocycles. The molecule has 2 heterocycles. The molecule has 1 aliphatic heterocycles. The first-order chi connectivity index (χ1) is 14.0. The first-order valence-corrected chi connectivity index (χ1v) is 11.4. The highest BCUT2D eigenvalue weighted by atomic mass is 35.5. The van der Waals surface area contributed by atoms with Crippen LogP contribution in [0, 0.1) is 0 Å². The minimum Gasteiger partial charge on any atom is -0.439 e. The third-order valence-corrected chi connectivity index (χ3v) is 6.79. The molecule has 0 atom stereocenters. The summed E-state index contributed by atoms with van der Waals surface area (Å²) in [5.41, 5.74) is 0.933. The van der Waals surface area contributed by atoms with Gasteiger partial charge >= 0.3 is 0 Å². The molecule has 2 aromatic carbocycles. The molecule has 1 saturated heterocycles. The summed E-state index contributed by atoms with van der Waals surface area (Å²) >= 11 is 5.92.